The van der Waals surface area contributed by atoms with E-state index in [4.69, 9.17) is 9.47 Å². The van der Waals surface area contributed by atoms with Crippen LogP contribution in [0.25, 0.3) is 11.7 Å². The van der Waals surface area contributed by atoms with Crippen LogP contribution in [0.2, 0.25) is 0 Å². The SMILES string of the molecule is COc1ccc(NS(=O)(=O)/C=C/c2ccccc2)cc1OCc1cn2ccccc2n1. The normalized spacial score (nSPS) is 11.6. The summed E-state index contributed by atoms with van der Waals surface area (Å²) in [5, 5.41) is 1.13. The number of imidazole rings is 1. The molecule has 0 unspecified atom stereocenters. The number of hydrogen-bond donors (Lipinski definition) is 1. The average molecular weight is 436 g/mol. The van der Waals surface area contributed by atoms with Gasteiger partial charge in [-0.15, -0.1) is 0 Å². The zero-order chi connectivity index (χ0) is 21.7. The predicted octanol–water partition coefficient (Wildman–Crippen LogP) is 4.33. The third kappa shape index (κ3) is 5.23. The smallest absolute Gasteiger partial charge is 0.255 e. The van der Waals surface area contributed by atoms with Crippen molar-refractivity contribution in [2.24, 2.45) is 0 Å². The van der Waals surface area contributed by atoms with Crippen molar-refractivity contribution in [1.29, 1.82) is 0 Å². The van der Waals surface area contributed by atoms with Crippen LogP contribution in [0.4, 0.5) is 5.69 Å². The summed E-state index contributed by atoms with van der Waals surface area (Å²) in [4.78, 5) is 4.49. The zero-order valence-electron chi connectivity index (χ0n) is 16.8. The lowest BCUT2D eigenvalue weighted by molar-refractivity contribution is 0.281. The van der Waals surface area contributed by atoms with Crippen LogP contribution in [-0.4, -0.2) is 24.9 Å². The molecule has 0 aliphatic heterocycles. The van der Waals surface area contributed by atoms with Crippen molar-refractivity contribution in [1.82, 2.24) is 9.38 Å². The first-order valence-electron chi connectivity index (χ1n) is 9.52. The Kier molecular flexibility index (Phi) is 5.90. The van der Waals surface area contributed by atoms with Crippen molar-refractivity contribution >= 4 is 27.4 Å². The Morgan fingerprint density at radius 3 is 2.61 bits per heavy atom. The Morgan fingerprint density at radius 2 is 1.84 bits per heavy atom. The lowest BCUT2D eigenvalue weighted by atomic mass is 10.2. The zero-order valence-corrected chi connectivity index (χ0v) is 17.6. The van der Waals surface area contributed by atoms with Crippen LogP contribution in [0.5, 0.6) is 11.5 Å². The second kappa shape index (κ2) is 8.93. The number of ether oxygens (including phenoxy) is 2. The van der Waals surface area contributed by atoms with E-state index in [1.165, 1.54) is 13.2 Å². The summed E-state index contributed by atoms with van der Waals surface area (Å²) in [5.41, 5.74) is 2.72. The molecule has 1 N–H and O–H groups in total. The number of nitrogens with one attached hydrogen (secondary N) is 1. The minimum atomic E-state index is -3.70. The first-order chi connectivity index (χ1) is 15.0. The van der Waals surface area contributed by atoms with Gasteiger partial charge in [-0.2, -0.15) is 0 Å². The highest BCUT2D eigenvalue weighted by atomic mass is 32.2. The molecule has 0 fully saturated rings. The van der Waals surface area contributed by atoms with Gasteiger partial charge < -0.3 is 13.9 Å². The first-order valence-corrected chi connectivity index (χ1v) is 11.1. The molecule has 4 aromatic rings. The van der Waals surface area contributed by atoms with Gasteiger partial charge in [-0.3, -0.25) is 4.72 Å². The third-order valence-corrected chi connectivity index (χ3v) is 5.47. The summed E-state index contributed by atoms with van der Waals surface area (Å²) in [7, 11) is -2.17. The van der Waals surface area contributed by atoms with Gasteiger partial charge in [0, 0.05) is 18.5 Å². The number of hydrogen-bond acceptors (Lipinski definition) is 5. The summed E-state index contributed by atoms with van der Waals surface area (Å²) >= 11 is 0. The summed E-state index contributed by atoms with van der Waals surface area (Å²) in [6.07, 6.45) is 5.32. The van der Waals surface area contributed by atoms with E-state index in [2.05, 4.69) is 9.71 Å². The van der Waals surface area contributed by atoms with Crippen molar-refractivity contribution in [2.45, 2.75) is 6.61 Å². The van der Waals surface area contributed by atoms with Gasteiger partial charge in [-0.05, 0) is 35.9 Å². The van der Waals surface area contributed by atoms with Gasteiger partial charge in [0.15, 0.2) is 11.5 Å². The molecule has 2 aromatic heterocycles. The van der Waals surface area contributed by atoms with Crippen molar-refractivity contribution in [3.63, 3.8) is 0 Å². The molecule has 4 rings (SSSR count). The second-order valence-corrected chi connectivity index (χ2v) is 8.28. The molecule has 0 saturated heterocycles. The van der Waals surface area contributed by atoms with E-state index in [-0.39, 0.29) is 6.61 Å². The molecule has 0 aliphatic rings. The van der Waals surface area contributed by atoms with Crippen LogP contribution in [-0.2, 0) is 16.6 Å². The lowest BCUT2D eigenvalue weighted by Gasteiger charge is -2.12. The molecule has 0 radical (unpaired) electrons. The molecule has 0 saturated carbocycles. The Labute approximate surface area is 180 Å². The Balaban J connectivity index is 1.49. The van der Waals surface area contributed by atoms with E-state index in [9.17, 15) is 8.42 Å². The molecule has 0 bridgehead atoms. The number of fused-ring (bicyclic) bond motifs is 1. The molecule has 8 heteroatoms. The Hall–Kier alpha value is -3.78. The maximum absolute atomic E-state index is 12.4. The van der Waals surface area contributed by atoms with Crippen molar-refractivity contribution in [2.75, 3.05) is 11.8 Å². The van der Waals surface area contributed by atoms with E-state index in [0.717, 1.165) is 22.3 Å². The van der Waals surface area contributed by atoms with Crippen molar-refractivity contribution < 1.29 is 17.9 Å². The molecule has 0 spiro atoms. The summed E-state index contributed by atoms with van der Waals surface area (Å²) < 4.78 is 40.5. The van der Waals surface area contributed by atoms with E-state index >= 15 is 0 Å². The molecule has 0 atom stereocenters. The van der Waals surface area contributed by atoms with Gasteiger partial charge in [0.2, 0.25) is 0 Å². The van der Waals surface area contributed by atoms with Crippen LogP contribution in [0.15, 0.2) is 84.5 Å². The van der Waals surface area contributed by atoms with Gasteiger partial charge in [-0.1, -0.05) is 36.4 Å². The molecular weight excluding hydrogens is 414 g/mol. The molecule has 0 amide bonds. The molecular formula is C23H21N3O4S. The standard InChI is InChI=1S/C23H21N3O4S/c1-29-21-11-10-19(25-31(27,28)14-12-18-7-3-2-4-8-18)15-22(21)30-17-20-16-26-13-6-5-9-23(26)24-20/h2-16,25H,17H2,1H3/b14-12+. The summed E-state index contributed by atoms with van der Waals surface area (Å²) in [6, 6.07) is 19.8. The van der Waals surface area contributed by atoms with Crippen LogP contribution >= 0.6 is 0 Å². The number of anilines is 1. The Bertz CT molecular complexity index is 1280. The van der Waals surface area contributed by atoms with Gasteiger partial charge in [0.25, 0.3) is 10.0 Å². The number of aromatic nitrogens is 2. The van der Waals surface area contributed by atoms with Gasteiger partial charge in [-0.25, -0.2) is 13.4 Å². The van der Waals surface area contributed by atoms with Crippen LogP contribution in [0.1, 0.15) is 11.3 Å². The number of nitrogens with zero attached hydrogens (tertiary/aromatic N) is 2. The minimum absolute atomic E-state index is 0.210. The largest absolute Gasteiger partial charge is 0.493 e. The van der Waals surface area contributed by atoms with Crippen LogP contribution < -0.4 is 14.2 Å². The van der Waals surface area contributed by atoms with E-state index < -0.39 is 10.0 Å². The van der Waals surface area contributed by atoms with Crippen LogP contribution in [0, 0.1) is 0 Å². The molecule has 2 heterocycles. The first kappa shape index (κ1) is 20.5. The van der Waals surface area contributed by atoms with Crippen molar-refractivity contribution in [3.8, 4) is 11.5 Å². The monoisotopic (exact) mass is 435 g/mol. The number of sulfonamides is 1. The predicted molar refractivity (Wildman–Crippen MR) is 121 cm³/mol. The van der Waals surface area contributed by atoms with E-state index in [1.807, 2.05) is 65.3 Å². The second-order valence-electron chi connectivity index (χ2n) is 6.71. The maximum atomic E-state index is 12.4. The molecule has 158 valence electrons. The Morgan fingerprint density at radius 1 is 1.03 bits per heavy atom. The summed E-state index contributed by atoms with van der Waals surface area (Å²) in [6.45, 7) is 0.210. The molecule has 2 aromatic carbocycles. The highest BCUT2D eigenvalue weighted by Gasteiger charge is 2.11. The average Bonchev–Trinajstić information content (AvgIpc) is 3.20. The fourth-order valence-corrected chi connectivity index (χ4v) is 3.85. The molecule has 31 heavy (non-hydrogen) atoms. The third-order valence-electron chi connectivity index (χ3n) is 4.45. The topological polar surface area (TPSA) is 81.9 Å². The number of methoxy groups -OCH3 is 1. The van der Waals surface area contributed by atoms with Crippen molar-refractivity contribution in [3.05, 3.63) is 95.8 Å². The fraction of sp³-hybridized carbons (Fsp3) is 0.0870. The molecule has 0 aliphatic carbocycles. The highest BCUT2D eigenvalue weighted by molar-refractivity contribution is 7.95. The summed E-state index contributed by atoms with van der Waals surface area (Å²) in [5.74, 6) is 0.901. The minimum Gasteiger partial charge on any atom is -0.493 e. The maximum Gasteiger partial charge on any atom is 0.255 e. The quantitative estimate of drug-likeness (QED) is 0.445. The highest BCUT2D eigenvalue weighted by Crippen LogP contribution is 2.31. The fourth-order valence-electron chi connectivity index (χ4n) is 2.99. The van der Waals surface area contributed by atoms with E-state index in [1.54, 1.807) is 18.2 Å². The van der Waals surface area contributed by atoms with Gasteiger partial charge in [0.1, 0.15) is 12.3 Å². The molecule has 7 nitrogen and oxygen atoms in total. The number of pyridine rings is 1. The van der Waals surface area contributed by atoms with Gasteiger partial charge >= 0.3 is 0 Å². The number of benzene rings is 2. The van der Waals surface area contributed by atoms with Gasteiger partial charge in [0.05, 0.1) is 23.9 Å². The van der Waals surface area contributed by atoms with Crippen LogP contribution in [0.3, 0.4) is 0 Å². The van der Waals surface area contributed by atoms with E-state index in [0.29, 0.717) is 17.2 Å². The lowest BCUT2D eigenvalue weighted by Crippen LogP contribution is -2.09. The number of rotatable bonds is 8.